The standard InChI is InChI=1S/C18H30O.H3O4P/c1-2-3-4-5-6-7-8-12-17-13-9-10-14-18(17)15-11-16-19;1-5(2,3)4/h9-10,13-14,19H,2-8,11-12,15-16H2,1H3;(H3,1,2,3,4). The summed E-state index contributed by atoms with van der Waals surface area (Å²) in [7, 11) is -4.64. The van der Waals surface area contributed by atoms with Gasteiger partial charge < -0.3 is 19.8 Å². The van der Waals surface area contributed by atoms with Gasteiger partial charge in [0.2, 0.25) is 0 Å². The molecule has 0 aliphatic heterocycles. The van der Waals surface area contributed by atoms with Crippen molar-refractivity contribution in [2.24, 2.45) is 0 Å². The first-order valence-electron chi connectivity index (χ1n) is 8.84. The van der Waals surface area contributed by atoms with Gasteiger partial charge in [0.25, 0.3) is 0 Å². The topological polar surface area (TPSA) is 98.0 Å². The van der Waals surface area contributed by atoms with Crippen LogP contribution in [-0.2, 0) is 17.4 Å². The van der Waals surface area contributed by atoms with Gasteiger partial charge in [-0.2, -0.15) is 0 Å². The average molecular weight is 360 g/mol. The van der Waals surface area contributed by atoms with E-state index in [1.165, 1.54) is 62.5 Å². The lowest BCUT2D eigenvalue weighted by Gasteiger charge is -2.09. The molecule has 0 heterocycles. The Labute approximate surface area is 146 Å². The fraction of sp³-hybridized carbons (Fsp3) is 0.667. The van der Waals surface area contributed by atoms with Crippen LogP contribution in [0, 0.1) is 0 Å². The van der Waals surface area contributed by atoms with Crippen molar-refractivity contribution in [3.05, 3.63) is 35.4 Å². The first-order chi connectivity index (χ1) is 11.4. The van der Waals surface area contributed by atoms with E-state index in [0.29, 0.717) is 6.61 Å². The molecule has 0 bridgehead atoms. The van der Waals surface area contributed by atoms with E-state index < -0.39 is 7.82 Å². The van der Waals surface area contributed by atoms with E-state index >= 15 is 0 Å². The molecule has 0 radical (unpaired) electrons. The Morgan fingerprint density at radius 2 is 1.21 bits per heavy atom. The molecule has 1 aromatic carbocycles. The summed E-state index contributed by atoms with van der Waals surface area (Å²) < 4.78 is 8.88. The highest BCUT2D eigenvalue weighted by Gasteiger charge is 2.01. The van der Waals surface area contributed by atoms with Gasteiger partial charge in [-0.1, -0.05) is 69.7 Å². The van der Waals surface area contributed by atoms with Crippen LogP contribution in [0.4, 0.5) is 0 Å². The molecule has 0 aromatic heterocycles. The molecule has 1 aromatic rings. The van der Waals surface area contributed by atoms with E-state index in [-0.39, 0.29) is 0 Å². The van der Waals surface area contributed by atoms with E-state index in [4.69, 9.17) is 24.4 Å². The maximum atomic E-state index is 8.94. The van der Waals surface area contributed by atoms with Crippen molar-refractivity contribution in [2.75, 3.05) is 6.61 Å². The molecule has 0 aliphatic carbocycles. The van der Waals surface area contributed by atoms with Crippen LogP contribution < -0.4 is 0 Å². The molecule has 0 aliphatic rings. The number of aliphatic hydroxyl groups is 1. The minimum absolute atomic E-state index is 0.297. The van der Waals surface area contributed by atoms with Gasteiger partial charge in [-0.3, -0.25) is 0 Å². The zero-order valence-electron chi connectivity index (χ0n) is 14.7. The third-order valence-electron chi connectivity index (χ3n) is 3.77. The van der Waals surface area contributed by atoms with Gasteiger partial charge in [0.1, 0.15) is 0 Å². The van der Waals surface area contributed by atoms with Gasteiger partial charge in [0.15, 0.2) is 0 Å². The molecule has 1 rings (SSSR count). The summed E-state index contributed by atoms with van der Waals surface area (Å²) >= 11 is 0. The largest absolute Gasteiger partial charge is 0.466 e. The number of aryl methyl sites for hydroxylation is 2. The summed E-state index contributed by atoms with van der Waals surface area (Å²) in [5, 5.41) is 8.94. The predicted molar refractivity (Wildman–Crippen MR) is 97.8 cm³/mol. The number of phosphoric acid groups is 1. The Hall–Kier alpha value is -0.710. The molecule has 0 fully saturated rings. The number of hydrogen-bond donors (Lipinski definition) is 4. The van der Waals surface area contributed by atoms with Crippen LogP contribution in [0.2, 0.25) is 0 Å². The minimum Gasteiger partial charge on any atom is -0.396 e. The second-order valence-electron chi connectivity index (χ2n) is 5.98. The van der Waals surface area contributed by atoms with Gasteiger partial charge in [0, 0.05) is 6.61 Å². The number of aliphatic hydroxyl groups excluding tert-OH is 1. The molecule has 6 heteroatoms. The van der Waals surface area contributed by atoms with Crippen LogP contribution >= 0.6 is 7.82 Å². The van der Waals surface area contributed by atoms with Crippen molar-refractivity contribution in [3.8, 4) is 0 Å². The van der Waals surface area contributed by atoms with Crippen LogP contribution in [0.1, 0.15) is 69.4 Å². The zero-order chi connectivity index (χ0) is 18.3. The molecule has 140 valence electrons. The van der Waals surface area contributed by atoms with Crippen molar-refractivity contribution in [3.63, 3.8) is 0 Å². The highest BCUT2D eigenvalue weighted by atomic mass is 31.2. The molecule has 5 nitrogen and oxygen atoms in total. The average Bonchev–Trinajstić information content (AvgIpc) is 2.51. The number of benzene rings is 1. The molecule has 0 amide bonds. The summed E-state index contributed by atoms with van der Waals surface area (Å²) in [4.78, 5) is 21.6. The molecule has 0 spiro atoms. The maximum Gasteiger partial charge on any atom is 0.466 e. The third-order valence-corrected chi connectivity index (χ3v) is 3.77. The first-order valence-corrected chi connectivity index (χ1v) is 10.4. The fourth-order valence-electron chi connectivity index (χ4n) is 2.59. The molecular formula is C18H33O5P. The van der Waals surface area contributed by atoms with Gasteiger partial charge in [0.05, 0.1) is 0 Å². The molecule has 0 saturated heterocycles. The van der Waals surface area contributed by atoms with Crippen LogP contribution in [-0.4, -0.2) is 26.4 Å². The summed E-state index contributed by atoms with van der Waals surface area (Å²) in [6.45, 7) is 2.56. The van der Waals surface area contributed by atoms with Gasteiger partial charge in [-0.05, 0) is 36.8 Å². The van der Waals surface area contributed by atoms with E-state index in [0.717, 1.165) is 12.8 Å². The van der Waals surface area contributed by atoms with Crippen molar-refractivity contribution < 1.29 is 24.4 Å². The normalized spacial score (nSPS) is 11.0. The van der Waals surface area contributed by atoms with Crippen LogP contribution in [0.5, 0.6) is 0 Å². The Morgan fingerprint density at radius 3 is 1.67 bits per heavy atom. The van der Waals surface area contributed by atoms with E-state index in [1.807, 2.05) is 0 Å². The van der Waals surface area contributed by atoms with Crippen molar-refractivity contribution in [2.45, 2.75) is 71.1 Å². The van der Waals surface area contributed by atoms with Crippen molar-refractivity contribution in [1.82, 2.24) is 0 Å². The van der Waals surface area contributed by atoms with E-state index in [2.05, 4.69) is 31.2 Å². The van der Waals surface area contributed by atoms with Gasteiger partial charge in [-0.15, -0.1) is 0 Å². The Bertz CT molecular complexity index is 450. The van der Waals surface area contributed by atoms with Gasteiger partial charge >= 0.3 is 7.82 Å². The lowest BCUT2D eigenvalue weighted by molar-refractivity contribution is 0.275. The zero-order valence-corrected chi connectivity index (χ0v) is 15.6. The number of rotatable bonds is 11. The smallest absolute Gasteiger partial charge is 0.396 e. The minimum atomic E-state index is -4.64. The van der Waals surface area contributed by atoms with Crippen LogP contribution in [0.15, 0.2) is 24.3 Å². The van der Waals surface area contributed by atoms with E-state index in [9.17, 15) is 0 Å². The number of unbranched alkanes of at least 4 members (excludes halogenated alkanes) is 6. The molecular weight excluding hydrogens is 327 g/mol. The Kier molecular flexibility index (Phi) is 14.2. The third kappa shape index (κ3) is 16.2. The monoisotopic (exact) mass is 360 g/mol. The second kappa shape index (κ2) is 14.6. The lowest BCUT2D eigenvalue weighted by Crippen LogP contribution is -1.96. The quantitative estimate of drug-likeness (QED) is 0.353. The first kappa shape index (κ1) is 23.3. The van der Waals surface area contributed by atoms with Crippen molar-refractivity contribution >= 4 is 7.82 Å². The SMILES string of the molecule is CCCCCCCCCc1ccccc1CCCO.O=P(O)(O)O. The fourth-order valence-corrected chi connectivity index (χ4v) is 2.59. The van der Waals surface area contributed by atoms with E-state index in [1.54, 1.807) is 0 Å². The molecule has 4 N–H and O–H groups in total. The summed E-state index contributed by atoms with van der Waals surface area (Å²) in [6.07, 6.45) is 12.7. The summed E-state index contributed by atoms with van der Waals surface area (Å²) in [5.74, 6) is 0. The highest BCUT2D eigenvalue weighted by Crippen LogP contribution is 2.25. The maximum absolute atomic E-state index is 8.94. The molecule has 0 atom stereocenters. The van der Waals surface area contributed by atoms with Crippen LogP contribution in [0.25, 0.3) is 0 Å². The van der Waals surface area contributed by atoms with Gasteiger partial charge in [-0.25, -0.2) is 4.57 Å². The summed E-state index contributed by atoms with van der Waals surface area (Å²) in [6, 6.07) is 8.72. The van der Waals surface area contributed by atoms with Crippen molar-refractivity contribution in [1.29, 1.82) is 0 Å². The second-order valence-corrected chi connectivity index (χ2v) is 7.01. The highest BCUT2D eigenvalue weighted by molar-refractivity contribution is 7.45. The Balaban J connectivity index is 0.000000922. The summed E-state index contributed by atoms with van der Waals surface area (Å²) in [5.41, 5.74) is 2.92. The molecule has 24 heavy (non-hydrogen) atoms. The molecule has 0 unspecified atom stereocenters. The number of hydrogen-bond acceptors (Lipinski definition) is 2. The predicted octanol–water partition coefficient (Wildman–Crippen LogP) is 3.98. The lowest BCUT2D eigenvalue weighted by atomic mass is 9.97. The van der Waals surface area contributed by atoms with Crippen LogP contribution in [0.3, 0.4) is 0 Å². The molecule has 0 saturated carbocycles. The Morgan fingerprint density at radius 1 is 0.792 bits per heavy atom.